The van der Waals surface area contributed by atoms with E-state index in [4.69, 9.17) is 0 Å². The summed E-state index contributed by atoms with van der Waals surface area (Å²) in [4.78, 5) is 12.1. The van der Waals surface area contributed by atoms with Gasteiger partial charge < -0.3 is 5.11 Å². The molecule has 1 aromatic carbocycles. The molecule has 2 atom stereocenters. The average Bonchev–Trinajstić information content (AvgIpc) is 2.42. The number of carbonyl (C=O) groups excluding carboxylic acids is 1. The molecule has 0 aliphatic heterocycles. The number of aliphatic hydroxyl groups excluding tert-OH is 1. The third kappa shape index (κ3) is 4.61. The molecular formula is C16H24O2. The van der Waals surface area contributed by atoms with Gasteiger partial charge in [0.1, 0.15) is 5.78 Å². The topological polar surface area (TPSA) is 37.3 Å². The molecule has 2 unspecified atom stereocenters. The molecule has 1 aromatic rings. The standard InChI is InChI=1S/C16H24O2/c1-3-8-14(15(17)4-2)16(18)12-11-13-9-6-5-7-10-13/h5-7,9-10,14-15,17H,3-4,8,11-12H2,1-2H3. The van der Waals surface area contributed by atoms with E-state index >= 15 is 0 Å². The minimum Gasteiger partial charge on any atom is -0.392 e. The van der Waals surface area contributed by atoms with Crippen molar-refractivity contribution in [2.45, 2.75) is 52.1 Å². The van der Waals surface area contributed by atoms with Crippen LogP contribution in [0.25, 0.3) is 0 Å². The number of aliphatic hydroxyl groups is 1. The summed E-state index contributed by atoms with van der Waals surface area (Å²) in [5, 5.41) is 9.90. The highest BCUT2D eigenvalue weighted by Gasteiger charge is 2.23. The Bertz CT molecular complexity index is 345. The van der Waals surface area contributed by atoms with Crippen LogP contribution in [0.3, 0.4) is 0 Å². The summed E-state index contributed by atoms with van der Waals surface area (Å²) >= 11 is 0. The molecule has 0 aliphatic rings. The number of benzene rings is 1. The molecule has 1 N–H and O–H groups in total. The van der Waals surface area contributed by atoms with Gasteiger partial charge in [0.2, 0.25) is 0 Å². The summed E-state index contributed by atoms with van der Waals surface area (Å²) in [6, 6.07) is 10.0. The van der Waals surface area contributed by atoms with Crippen LogP contribution in [0.5, 0.6) is 0 Å². The monoisotopic (exact) mass is 248 g/mol. The lowest BCUT2D eigenvalue weighted by molar-refractivity contribution is -0.126. The molecule has 18 heavy (non-hydrogen) atoms. The van der Waals surface area contributed by atoms with Crippen LogP contribution in [0.4, 0.5) is 0 Å². The van der Waals surface area contributed by atoms with E-state index in [0.717, 1.165) is 19.3 Å². The Morgan fingerprint density at radius 1 is 1.22 bits per heavy atom. The molecule has 0 radical (unpaired) electrons. The molecule has 0 saturated carbocycles. The fourth-order valence-electron chi connectivity index (χ4n) is 2.26. The minimum absolute atomic E-state index is 0.177. The van der Waals surface area contributed by atoms with Crippen LogP contribution in [0.2, 0.25) is 0 Å². The molecule has 2 nitrogen and oxygen atoms in total. The van der Waals surface area contributed by atoms with Crippen molar-refractivity contribution in [1.82, 2.24) is 0 Å². The molecule has 0 saturated heterocycles. The van der Waals surface area contributed by atoms with Gasteiger partial charge in [-0.3, -0.25) is 4.79 Å². The number of Topliss-reactive ketones (excluding diaryl/α,β-unsaturated/α-hetero) is 1. The van der Waals surface area contributed by atoms with Crippen molar-refractivity contribution in [2.75, 3.05) is 0 Å². The van der Waals surface area contributed by atoms with Gasteiger partial charge in [0.15, 0.2) is 0 Å². The van der Waals surface area contributed by atoms with Crippen molar-refractivity contribution in [3.05, 3.63) is 35.9 Å². The number of ketones is 1. The van der Waals surface area contributed by atoms with Gasteiger partial charge in [-0.1, -0.05) is 50.6 Å². The molecule has 0 heterocycles. The molecule has 0 aliphatic carbocycles. The van der Waals surface area contributed by atoms with Crippen molar-refractivity contribution in [3.8, 4) is 0 Å². The first kappa shape index (κ1) is 14.9. The second-order valence-corrected chi connectivity index (χ2v) is 4.82. The van der Waals surface area contributed by atoms with Crippen LogP contribution in [0.1, 0.15) is 45.1 Å². The highest BCUT2D eigenvalue weighted by Crippen LogP contribution is 2.18. The maximum atomic E-state index is 12.1. The van der Waals surface area contributed by atoms with Crippen LogP contribution >= 0.6 is 0 Å². The molecule has 0 fully saturated rings. The van der Waals surface area contributed by atoms with Crippen LogP contribution in [0, 0.1) is 5.92 Å². The van der Waals surface area contributed by atoms with Crippen molar-refractivity contribution >= 4 is 5.78 Å². The fraction of sp³-hybridized carbons (Fsp3) is 0.562. The van der Waals surface area contributed by atoms with E-state index in [0.29, 0.717) is 12.8 Å². The Balaban J connectivity index is 2.51. The SMILES string of the molecule is CCCC(C(=O)CCc1ccccc1)C(O)CC. The van der Waals surface area contributed by atoms with Gasteiger partial charge in [0, 0.05) is 12.3 Å². The molecule has 0 aromatic heterocycles. The highest BCUT2D eigenvalue weighted by molar-refractivity contribution is 5.81. The Kier molecular flexibility index (Phi) is 6.66. The van der Waals surface area contributed by atoms with E-state index < -0.39 is 6.10 Å². The van der Waals surface area contributed by atoms with E-state index in [1.54, 1.807) is 0 Å². The normalized spacial score (nSPS) is 14.2. The fourth-order valence-corrected chi connectivity index (χ4v) is 2.26. The molecule has 2 heteroatoms. The Morgan fingerprint density at radius 3 is 2.44 bits per heavy atom. The van der Waals surface area contributed by atoms with E-state index in [2.05, 4.69) is 6.92 Å². The second-order valence-electron chi connectivity index (χ2n) is 4.82. The minimum atomic E-state index is -0.478. The van der Waals surface area contributed by atoms with Crippen LogP contribution in [-0.2, 0) is 11.2 Å². The van der Waals surface area contributed by atoms with Crippen LogP contribution in [-0.4, -0.2) is 17.0 Å². The lowest BCUT2D eigenvalue weighted by Gasteiger charge is -2.20. The first-order valence-electron chi connectivity index (χ1n) is 6.93. The Labute approximate surface area is 110 Å². The largest absolute Gasteiger partial charge is 0.392 e. The maximum Gasteiger partial charge on any atom is 0.138 e. The number of aryl methyl sites for hydroxylation is 1. The van der Waals surface area contributed by atoms with Gasteiger partial charge in [-0.05, 0) is 24.8 Å². The summed E-state index contributed by atoms with van der Waals surface area (Å²) < 4.78 is 0. The number of hydrogen-bond acceptors (Lipinski definition) is 2. The zero-order chi connectivity index (χ0) is 13.4. The third-order valence-corrected chi connectivity index (χ3v) is 3.40. The molecular weight excluding hydrogens is 224 g/mol. The van der Waals surface area contributed by atoms with Crippen molar-refractivity contribution in [1.29, 1.82) is 0 Å². The number of rotatable bonds is 8. The molecule has 0 spiro atoms. The highest BCUT2D eigenvalue weighted by atomic mass is 16.3. The summed E-state index contributed by atoms with van der Waals surface area (Å²) in [5.41, 5.74) is 1.19. The first-order chi connectivity index (χ1) is 8.69. The zero-order valence-corrected chi connectivity index (χ0v) is 11.4. The summed E-state index contributed by atoms with van der Waals surface area (Å²) in [6.45, 7) is 3.98. The van der Waals surface area contributed by atoms with Gasteiger partial charge in [-0.15, -0.1) is 0 Å². The van der Waals surface area contributed by atoms with Gasteiger partial charge in [0.25, 0.3) is 0 Å². The van der Waals surface area contributed by atoms with Crippen molar-refractivity contribution in [2.24, 2.45) is 5.92 Å². The van der Waals surface area contributed by atoms with E-state index in [1.165, 1.54) is 5.56 Å². The molecule has 0 bridgehead atoms. The predicted octanol–water partition coefficient (Wildman–Crippen LogP) is 3.38. The summed E-state index contributed by atoms with van der Waals surface area (Å²) in [7, 11) is 0. The Morgan fingerprint density at radius 2 is 1.89 bits per heavy atom. The quantitative estimate of drug-likeness (QED) is 0.765. The average molecular weight is 248 g/mol. The summed E-state index contributed by atoms with van der Waals surface area (Å²) in [5.74, 6) is 0.0266. The van der Waals surface area contributed by atoms with Crippen molar-refractivity contribution < 1.29 is 9.90 Å². The zero-order valence-electron chi connectivity index (χ0n) is 11.4. The smallest absolute Gasteiger partial charge is 0.138 e. The molecule has 1 rings (SSSR count). The van der Waals surface area contributed by atoms with E-state index in [9.17, 15) is 9.90 Å². The van der Waals surface area contributed by atoms with Crippen molar-refractivity contribution in [3.63, 3.8) is 0 Å². The number of carbonyl (C=O) groups is 1. The maximum absolute atomic E-state index is 12.1. The number of hydrogen-bond donors (Lipinski definition) is 1. The van der Waals surface area contributed by atoms with Gasteiger partial charge in [-0.2, -0.15) is 0 Å². The second kappa shape index (κ2) is 8.04. The van der Waals surface area contributed by atoms with Crippen LogP contribution < -0.4 is 0 Å². The van der Waals surface area contributed by atoms with Gasteiger partial charge >= 0.3 is 0 Å². The van der Waals surface area contributed by atoms with Gasteiger partial charge in [-0.25, -0.2) is 0 Å². The third-order valence-electron chi connectivity index (χ3n) is 3.40. The predicted molar refractivity (Wildman–Crippen MR) is 74.5 cm³/mol. The lowest BCUT2D eigenvalue weighted by Crippen LogP contribution is -2.28. The van der Waals surface area contributed by atoms with Gasteiger partial charge in [0.05, 0.1) is 6.10 Å². The van der Waals surface area contributed by atoms with E-state index in [1.807, 2.05) is 37.3 Å². The van der Waals surface area contributed by atoms with Crippen LogP contribution in [0.15, 0.2) is 30.3 Å². The first-order valence-corrected chi connectivity index (χ1v) is 6.93. The van der Waals surface area contributed by atoms with E-state index in [-0.39, 0.29) is 11.7 Å². The molecule has 0 amide bonds. The summed E-state index contributed by atoms with van der Waals surface area (Å²) in [6.07, 6.45) is 3.22. The molecule has 100 valence electrons. The Hall–Kier alpha value is -1.15. The lowest BCUT2D eigenvalue weighted by atomic mass is 9.88.